The smallest absolute Gasteiger partial charge is 0.360 e. The molecule has 2 saturated heterocycles. The summed E-state index contributed by atoms with van der Waals surface area (Å²) in [6.07, 6.45) is 10.7. The van der Waals surface area contributed by atoms with Gasteiger partial charge in [0.1, 0.15) is 33.1 Å². The minimum absolute atomic E-state index is 0.0293. The van der Waals surface area contributed by atoms with Crippen LogP contribution in [0.4, 0.5) is 0 Å². The van der Waals surface area contributed by atoms with E-state index < -0.39 is 11.9 Å². The van der Waals surface area contributed by atoms with E-state index in [1.165, 1.54) is 7.11 Å². The molecule has 10 heterocycles. The minimum Gasteiger partial charge on any atom is -0.476 e. The molecule has 2 unspecified atom stereocenters. The summed E-state index contributed by atoms with van der Waals surface area (Å²) < 4.78 is 25.8. The summed E-state index contributed by atoms with van der Waals surface area (Å²) in [5.41, 5.74) is 11.6. The standard InChI is InChI=1S/2C23H24BrN5O3/c1-13-5-4-8-25-17(13)20(14-6-9-32-10-7-14)29-16-11-15(24)12-26-18(16)21-22(29)19(23(30)31-3)27-28(21)2;1-12-5-4-8-25-16(12)20(14-6-9-32-10-7-14)29-19-13(2)15(24)11-26-17(19)21-22(29)18(23(30)31)27-28(21)3/h4-5,8,11-12,14,20H,6-7,9-10H2,1-3H3;4-5,8,11,14,20H,6-7,9-10H2,1-3H3,(H,30,31). The van der Waals surface area contributed by atoms with Crippen molar-refractivity contribution in [1.82, 2.24) is 48.6 Å². The number of carboxylic acids is 1. The Morgan fingerprint density at radius 1 is 0.719 bits per heavy atom. The topological polar surface area (TPSA) is 179 Å². The molecule has 0 spiro atoms. The Labute approximate surface area is 385 Å². The van der Waals surface area contributed by atoms with Crippen LogP contribution in [0.1, 0.15) is 86.8 Å². The predicted molar refractivity (Wildman–Crippen MR) is 248 cm³/mol. The maximum atomic E-state index is 12.8. The number of esters is 1. The van der Waals surface area contributed by atoms with Crippen LogP contribution in [-0.4, -0.2) is 99.2 Å². The average Bonchev–Trinajstić information content (AvgIpc) is 4.03. The number of rotatable bonds is 8. The molecule has 0 aliphatic carbocycles. The largest absolute Gasteiger partial charge is 0.476 e. The molecule has 0 bridgehead atoms. The summed E-state index contributed by atoms with van der Waals surface area (Å²) in [4.78, 5) is 44.0. The van der Waals surface area contributed by atoms with Gasteiger partial charge >= 0.3 is 11.9 Å². The molecule has 0 saturated carbocycles. The van der Waals surface area contributed by atoms with Crippen molar-refractivity contribution < 1.29 is 28.9 Å². The van der Waals surface area contributed by atoms with E-state index >= 15 is 0 Å². The highest BCUT2D eigenvalue weighted by molar-refractivity contribution is 9.10. The highest BCUT2D eigenvalue weighted by atomic mass is 79.9. The molecular weight excluding hydrogens is 948 g/mol. The fraction of sp³-hybridized carbons (Fsp3) is 0.391. The summed E-state index contributed by atoms with van der Waals surface area (Å²) >= 11 is 7.21. The average molecular weight is 997 g/mol. The Morgan fingerprint density at radius 3 is 1.78 bits per heavy atom. The van der Waals surface area contributed by atoms with E-state index in [1.807, 2.05) is 38.4 Å². The van der Waals surface area contributed by atoms with Gasteiger partial charge in [0.05, 0.1) is 41.6 Å². The molecule has 2 fully saturated rings. The monoisotopic (exact) mass is 994 g/mol. The van der Waals surface area contributed by atoms with Crippen molar-refractivity contribution in [3.63, 3.8) is 0 Å². The summed E-state index contributed by atoms with van der Waals surface area (Å²) in [5.74, 6) is -1.01. The number of ether oxygens (including phenoxy) is 3. The third kappa shape index (κ3) is 7.47. The van der Waals surface area contributed by atoms with Crippen molar-refractivity contribution in [3.05, 3.63) is 104 Å². The van der Waals surface area contributed by atoms with Crippen LogP contribution in [0, 0.1) is 32.6 Å². The zero-order valence-electron chi connectivity index (χ0n) is 36.4. The first-order valence-electron chi connectivity index (χ1n) is 21.2. The Hall–Kier alpha value is -5.56. The van der Waals surface area contributed by atoms with Crippen LogP contribution in [-0.2, 0) is 28.3 Å². The predicted octanol–water partition coefficient (Wildman–Crippen LogP) is 8.60. The second-order valence-corrected chi connectivity index (χ2v) is 18.3. The van der Waals surface area contributed by atoms with Gasteiger partial charge < -0.3 is 28.5 Å². The lowest BCUT2D eigenvalue weighted by Crippen LogP contribution is -2.28. The van der Waals surface area contributed by atoms with Gasteiger partial charge in [0.25, 0.3) is 0 Å². The molecule has 8 aromatic rings. The SMILES string of the molecule is COC(=O)c1nn(C)c2c3ncc(Br)cc3n(C(c3ncccc3C)C3CCOCC3)c12.Cc1cccnc1C(C1CCOCC1)n1c2c(C)c(Br)cnc2c2c1c(C(=O)O)nn2C. The molecular formula is C46H48Br2N10O6. The maximum absolute atomic E-state index is 12.8. The van der Waals surface area contributed by atoms with Crippen molar-refractivity contribution in [3.8, 4) is 0 Å². The highest BCUT2D eigenvalue weighted by Gasteiger charge is 2.37. The molecule has 8 aromatic heterocycles. The maximum Gasteiger partial charge on any atom is 0.360 e. The third-order valence-electron chi connectivity index (χ3n) is 12.8. The number of carboxylic acid groups (broad SMARTS) is 1. The fourth-order valence-corrected chi connectivity index (χ4v) is 10.4. The van der Waals surface area contributed by atoms with Gasteiger partial charge in [-0.1, -0.05) is 12.1 Å². The van der Waals surface area contributed by atoms with Gasteiger partial charge in [-0.25, -0.2) is 9.59 Å². The zero-order valence-corrected chi connectivity index (χ0v) is 39.6. The zero-order chi connectivity index (χ0) is 45.0. The molecule has 2 aliphatic rings. The third-order valence-corrected chi connectivity index (χ3v) is 14.0. The van der Waals surface area contributed by atoms with Crippen LogP contribution < -0.4 is 0 Å². The van der Waals surface area contributed by atoms with Gasteiger partial charge in [-0.2, -0.15) is 10.2 Å². The van der Waals surface area contributed by atoms with E-state index in [1.54, 1.807) is 35.0 Å². The lowest BCUT2D eigenvalue weighted by atomic mass is 9.87. The van der Waals surface area contributed by atoms with Crippen molar-refractivity contribution in [2.75, 3.05) is 33.5 Å². The number of hydrogen-bond donors (Lipinski definition) is 1. The molecule has 18 heteroatoms. The van der Waals surface area contributed by atoms with Gasteiger partial charge in [0.15, 0.2) is 11.4 Å². The number of methoxy groups -OCH3 is 1. The molecule has 16 nitrogen and oxygen atoms in total. The Kier molecular flexibility index (Phi) is 12.1. The number of nitrogens with zero attached hydrogens (tertiary/aromatic N) is 10. The Balaban J connectivity index is 0.000000162. The first-order chi connectivity index (χ1) is 30.9. The van der Waals surface area contributed by atoms with Crippen LogP contribution in [0.25, 0.3) is 44.1 Å². The minimum atomic E-state index is -1.06. The number of fused-ring (bicyclic) bond motifs is 6. The number of carbonyl (C=O) groups excluding carboxylic acids is 1. The Morgan fingerprint density at radius 2 is 1.23 bits per heavy atom. The molecule has 2 aliphatic heterocycles. The molecule has 1 N–H and O–H groups in total. The van der Waals surface area contributed by atoms with Crippen LogP contribution in [0.2, 0.25) is 0 Å². The van der Waals surface area contributed by atoms with Gasteiger partial charge in [-0.15, -0.1) is 0 Å². The number of hydrogen-bond acceptors (Lipinski definition) is 11. The quantitative estimate of drug-likeness (QED) is 0.144. The van der Waals surface area contributed by atoms with E-state index in [4.69, 9.17) is 34.1 Å². The van der Waals surface area contributed by atoms with Crippen LogP contribution in [0.15, 0.2) is 64.1 Å². The number of aromatic nitrogens is 10. The van der Waals surface area contributed by atoms with E-state index in [0.29, 0.717) is 31.9 Å². The molecule has 0 aromatic carbocycles. The van der Waals surface area contributed by atoms with Gasteiger partial charge in [0, 0.05) is 74.3 Å². The highest BCUT2D eigenvalue weighted by Crippen LogP contribution is 2.44. The normalized spacial score (nSPS) is 16.1. The summed E-state index contributed by atoms with van der Waals surface area (Å²) in [6, 6.07) is 9.79. The van der Waals surface area contributed by atoms with Crippen LogP contribution in [0.3, 0.4) is 0 Å². The first-order valence-corrected chi connectivity index (χ1v) is 22.8. The number of aryl methyl sites for hydroxylation is 5. The van der Waals surface area contributed by atoms with Gasteiger partial charge in [0.2, 0.25) is 0 Å². The lowest BCUT2D eigenvalue weighted by Gasteiger charge is -2.33. The summed E-state index contributed by atoms with van der Waals surface area (Å²) in [7, 11) is 4.98. The van der Waals surface area contributed by atoms with Gasteiger partial charge in [-0.3, -0.25) is 29.3 Å². The summed E-state index contributed by atoms with van der Waals surface area (Å²) in [6.45, 7) is 8.92. The molecule has 2 atom stereocenters. The molecule has 10 rings (SSSR count). The number of aromatic carboxylic acids is 1. The summed E-state index contributed by atoms with van der Waals surface area (Å²) in [5, 5.41) is 18.9. The van der Waals surface area contributed by atoms with Crippen molar-refractivity contribution in [1.29, 1.82) is 0 Å². The Bertz CT molecular complexity index is 3090. The first kappa shape index (κ1) is 43.7. The van der Waals surface area contributed by atoms with E-state index in [2.05, 4.69) is 77.2 Å². The molecule has 0 radical (unpaired) electrons. The fourth-order valence-electron chi connectivity index (χ4n) is 9.81. The van der Waals surface area contributed by atoms with Crippen LogP contribution >= 0.6 is 31.9 Å². The lowest BCUT2D eigenvalue weighted by molar-refractivity contribution is 0.0543. The van der Waals surface area contributed by atoms with E-state index in [9.17, 15) is 14.7 Å². The number of halogens is 2. The van der Waals surface area contributed by atoms with E-state index in [-0.39, 0.29) is 35.3 Å². The van der Waals surface area contributed by atoms with Gasteiger partial charge in [-0.05, 0) is 125 Å². The van der Waals surface area contributed by atoms with Crippen molar-refractivity contribution >= 4 is 87.9 Å². The van der Waals surface area contributed by atoms with Crippen LogP contribution in [0.5, 0.6) is 0 Å². The van der Waals surface area contributed by atoms with Crippen molar-refractivity contribution in [2.45, 2.75) is 58.5 Å². The molecule has 0 amide bonds. The number of pyridine rings is 4. The second kappa shape index (κ2) is 17.8. The second-order valence-electron chi connectivity index (χ2n) is 16.5. The molecule has 64 heavy (non-hydrogen) atoms. The van der Waals surface area contributed by atoms with Crippen molar-refractivity contribution in [2.24, 2.45) is 25.9 Å². The van der Waals surface area contributed by atoms with E-state index in [0.717, 1.165) is 101 Å². The number of carbonyl (C=O) groups is 2. The molecule has 332 valence electrons.